The van der Waals surface area contributed by atoms with Gasteiger partial charge < -0.3 is 10.6 Å². The fourth-order valence-electron chi connectivity index (χ4n) is 2.91. The predicted octanol–water partition coefficient (Wildman–Crippen LogP) is 5.81. The Kier molecular flexibility index (Phi) is 6.06. The van der Waals surface area contributed by atoms with Crippen molar-refractivity contribution in [3.05, 3.63) is 107 Å². The number of aryl methyl sites for hydroxylation is 1. The van der Waals surface area contributed by atoms with Crippen LogP contribution in [0.25, 0.3) is 0 Å². The van der Waals surface area contributed by atoms with Gasteiger partial charge in [0.2, 0.25) is 0 Å². The highest BCUT2D eigenvalue weighted by molar-refractivity contribution is 5.80. The zero-order valence-corrected chi connectivity index (χ0v) is 15.7. The molecule has 2 N–H and O–H groups in total. The minimum absolute atomic E-state index is 0.729. The Morgan fingerprint density at radius 1 is 0.852 bits per heavy atom. The van der Waals surface area contributed by atoms with E-state index in [9.17, 15) is 4.79 Å². The molecule has 0 saturated carbocycles. The van der Waals surface area contributed by atoms with E-state index >= 15 is 0 Å². The molecular formula is C24H24N2O. The second-order valence-electron chi connectivity index (χ2n) is 6.65. The fourth-order valence-corrected chi connectivity index (χ4v) is 2.91. The third-order valence-electron chi connectivity index (χ3n) is 4.37. The lowest BCUT2D eigenvalue weighted by molar-refractivity contribution is 0.112. The molecule has 0 bridgehead atoms. The van der Waals surface area contributed by atoms with E-state index in [0.29, 0.717) is 0 Å². The summed E-state index contributed by atoms with van der Waals surface area (Å²) in [6.45, 7) is 4.28. The van der Waals surface area contributed by atoms with Gasteiger partial charge in [-0.15, -0.1) is 0 Å². The number of aldehydes is 1. The maximum Gasteiger partial charge on any atom is 0.150 e. The van der Waals surface area contributed by atoms with Crippen molar-refractivity contribution in [2.75, 3.05) is 10.6 Å². The number of carbonyl (C=O) groups is 1. The molecule has 3 nitrogen and oxygen atoms in total. The average molecular weight is 356 g/mol. The number of carbonyl (C=O) groups excluding carboxylic acids is 1. The van der Waals surface area contributed by atoms with Gasteiger partial charge in [-0.25, -0.2) is 0 Å². The maximum atomic E-state index is 10.0. The van der Waals surface area contributed by atoms with Crippen molar-refractivity contribution < 1.29 is 4.79 Å². The normalized spacial score (nSPS) is 13.4. The lowest BCUT2D eigenvalue weighted by atomic mass is 10.1. The molecule has 4 rings (SSSR count). The van der Waals surface area contributed by atoms with E-state index in [1.807, 2.05) is 18.2 Å². The van der Waals surface area contributed by atoms with Crippen molar-refractivity contribution in [1.82, 2.24) is 0 Å². The molecule has 0 amide bonds. The van der Waals surface area contributed by atoms with Crippen LogP contribution in [0.4, 0.5) is 11.4 Å². The highest BCUT2D eigenvalue weighted by Crippen LogP contribution is 2.32. The highest BCUT2D eigenvalue weighted by atomic mass is 16.1. The summed E-state index contributed by atoms with van der Waals surface area (Å²) in [5.74, 6) is 1.12. The summed E-state index contributed by atoms with van der Waals surface area (Å²) in [5, 5.41) is 6.91. The van der Waals surface area contributed by atoms with Crippen LogP contribution in [0.2, 0.25) is 0 Å². The van der Waals surface area contributed by atoms with Crippen LogP contribution in [0, 0.1) is 6.92 Å². The van der Waals surface area contributed by atoms with E-state index in [-0.39, 0.29) is 0 Å². The van der Waals surface area contributed by atoms with E-state index in [0.717, 1.165) is 29.8 Å². The van der Waals surface area contributed by atoms with Gasteiger partial charge in [0.25, 0.3) is 0 Å². The molecule has 0 aliphatic carbocycles. The summed E-state index contributed by atoms with van der Waals surface area (Å²) in [6, 6.07) is 26.1. The molecule has 3 aromatic rings. The number of hydrogen-bond donors (Lipinski definition) is 2. The third-order valence-corrected chi connectivity index (χ3v) is 4.37. The molecule has 0 radical (unpaired) electrons. The number of fused-ring (bicyclic) bond motifs is 1. The second kappa shape index (κ2) is 8.86. The van der Waals surface area contributed by atoms with E-state index in [4.69, 9.17) is 0 Å². The number of hydrogen-bond acceptors (Lipinski definition) is 3. The number of rotatable bonds is 3. The van der Waals surface area contributed by atoms with Crippen LogP contribution >= 0.6 is 0 Å². The molecule has 0 atom stereocenters. The van der Waals surface area contributed by atoms with Crippen LogP contribution in [-0.4, -0.2) is 6.29 Å². The number of allylic oxidation sites excluding steroid dienone is 1. The van der Waals surface area contributed by atoms with Crippen LogP contribution in [0.1, 0.15) is 28.4 Å². The molecule has 3 heteroatoms. The van der Waals surface area contributed by atoms with E-state index in [1.54, 1.807) is 12.1 Å². The standard InChI is InChI=1S/C17H18N2.C7H6O/c1-12-8-9-15-16(10-12)19-17(18-15)13(2)11-14-6-4-3-5-7-14;8-6-7-4-2-1-3-5-7/h3-10,18-19H,11H2,1-2H3;1-6H/b17-13+;. The number of anilines is 2. The summed E-state index contributed by atoms with van der Waals surface area (Å²) in [6.07, 6.45) is 1.79. The first-order valence-corrected chi connectivity index (χ1v) is 9.04. The monoisotopic (exact) mass is 356 g/mol. The van der Waals surface area contributed by atoms with Crippen LogP contribution in [0.15, 0.2) is 90.3 Å². The summed E-state index contributed by atoms with van der Waals surface area (Å²) in [7, 11) is 0. The van der Waals surface area contributed by atoms with Crippen molar-refractivity contribution >= 4 is 17.7 Å². The van der Waals surface area contributed by atoms with Crippen LogP contribution < -0.4 is 10.6 Å². The van der Waals surface area contributed by atoms with Crippen LogP contribution in [0.5, 0.6) is 0 Å². The van der Waals surface area contributed by atoms with Gasteiger partial charge in [-0.05, 0) is 49.1 Å². The fraction of sp³-hybridized carbons (Fsp3) is 0.125. The average Bonchev–Trinajstić information content (AvgIpc) is 3.13. The van der Waals surface area contributed by atoms with Gasteiger partial charge in [0.15, 0.2) is 0 Å². The SMILES string of the molecule is C/C(Cc1ccccc1)=C1/Nc2ccc(C)cc2N1.O=Cc1ccccc1. The molecule has 136 valence electrons. The maximum absolute atomic E-state index is 10.0. The first kappa shape index (κ1) is 18.5. The molecule has 1 aliphatic rings. The summed E-state index contributed by atoms with van der Waals surface area (Å²) in [4.78, 5) is 10.0. The summed E-state index contributed by atoms with van der Waals surface area (Å²) < 4.78 is 0. The van der Waals surface area contributed by atoms with Gasteiger partial charge in [0.1, 0.15) is 12.1 Å². The van der Waals surface area contributed by atoms with Gasteiger partial charge >= 0.3 is 0 Å². The summed E-state index contributed by atoms with van der Waals surface area (Å²) >= 11 is 0. The number of benzene rings is 3. The smallest absolute Gasteiger partial charge is 0.150 e. The van der Waals surface area contributed by atoms with Crippen LogP contribution in [0.3, 0.4) is 0 Å². The van der Waals surface area contributed by atoms with Gasteiger partial charge in [-0.2, -0.15) is 0 Å². The Hall–Kier alpha value is -3.33. The molecule has 1 aliphatic heterocycles. The lowest BCUT2D eigenvalue weighted by Crippen LogP contribution is -2.04. The van der Waals surface area contributed by atoms with E-state index in [2.05, 4.69) is 73.0 Å². The molecular weight excluding hydrogens is 332 g/mol. The molecule has 0 unspecified atom stereocenters. The topological polar surface area (TPSA) is 41.1 Å². The quantitative estimate of drug-likeness (QED) is 0.582. The zero-order chi connectivity index (χ0) is 19.1. The van der Waals surface area contributed by atoms with Crippen molar-refractivity contribution in [3.8, 4) is 0 Å². The molecule has 1 heterocycles. The first-order chi connectivity index (χ1) is 13.2. The zero-order valence-electron chi connectivity index (χ0n) is 15.7. The largest absolute Gasteiger partial charge is 0.340 e. The van der Waals surface area contributed by atoms with Crippen LogP contribution in [-0.2, 0) is 6.42 Å². The minimum Gasteiger partial charge on any atom is -0.340 e. The summed E-state index contributed by atoms with van der Waals surface area (Å²) in [5.41, 5.74) is 6.99. The van der Waals surface area contributed by atoms with Crippen molar-refractivity contribution in [2.24, 2.45) is 0 Å². The Balaban J connectivity index is 0.000000221. The Morgan fingerprint density at radius 3 is 2.11 bits per heavy atom. The Bertz CT molecular complexity index is 931. The first-order valence-electron chi connectivity index (χ1n) is 9.04. The Morgan fingerprint density at radius 2 is 1.48 bits per heavy atom. The predicted molar refractivity (Wildman–Crippen MR) is 113 cm³/mol. The highest BCUT2D eigenvalue weighted by Gasteiger charge is 2.15. The molecule has 3 aromatic carbocycles. The molecule has 0 spiro atoms. The third kappa shape index (κ3) is 5.08. The molecule has 0 aromatic heterocycles. The van der Waals surface area contributed by atoms with Gasteiger partial charge in [-0.1, -0.05) is 66.7 Å². The minimum atomic E-state index is 0.729. The lowest BCUT2D eigenvalue weighted by Gasteiger charge is -2.07. The van der Waals surface area contributed by atoms with Crippen molar-refractivity contribution in [2.45, 2.75) is 20.3 Å². The van der Waals surface area contributed by atoms with Gasteiger partial charge in [-0.3, -0.25) is 4.79 Å². The molecule has 0 saturated heterocycles. The molecule has 27 heavy (non-hydrogen) atoms. The van der Waals surface area contributed by atoms with Gasteiger partial charge in [0.05, 0.1) is 11.4 Å². The van der Waals surface area contributed by atoms with E-state index < -0.39 is 0 Å². The van der Waals surface area contributed by atoms with Crippen molar-refractivity contribution in [3.63, 3.8) is 0 Å². The van der Waals surface area contributed by atoms with E-state index in [1.165, 1.54) is 22.4 Å². The number of nitrogens with one attached hydrogen (secondary N) is 2. The molecule has 0 fully saturated rings. The Labute approximate surface area is 160 Å². The second-order valence-corrected chi connectivity index (χ2v) is 6.65. The van der Waals surface area contributed by atoms with Gasteiger partial charge in [0, 0.05) is 5.56 Å². The van der Waals surface area contributed by atoms with Crippen molar-refractivity contribution in [1.29, 1.82) is 0 Å².